The number of nitrogens with zero attached hydrogens (tertiary/aromatic N) is 1. The van der Waals surface area contributed by atoms with E-state index in [1.54, 1.807) is 11.7 Å². The summed E-state index contributed by atoms with van der Waals surface area (Å²) < 4.78 is 6.22. The van der Waals surface area contributed by atoms with Gasteiger partial charge in [0, 0.05) is 5.02 Å². The Morgan fingerprint density at radius 3 is 3.00 bits per heavy atom. The van der Waals surface area contributed by atoms with Gasteiger partial charge in [0.25, 0.3) is 0 Å². The minimum Gasteiger partial charge on any atom is -0.307 e. The molecule has 0 aliphatic rings. The molecule has 0 saturated heterocycles. The first-order valence-corrected chi connectivity index (χ1v) is 6.06. The van der Waals surface area contributed by atoms with Gasteiger partial charge in [-0.1, -0.05) is 28.4 Å². The van der Waals surface area contributed by atoms with Gasteiger partial charge < -0.3 is 5.32 Å². The summed E-state index contributed by atoms with van der Waals surface area (Å²) in [4.78, 5) is 11.3. The molecule has 96 valence electrons. The molecule has 1 aromatic carbocycles. The topological polar surface area (TPSA) is 61.9 Å². The summed E-state index contributed by atoms with van der Waals surface area (Å²) >= 11 is 5.90. The highest BCUT2D eigenvalue weighted by Gasteiger charge is 2.15. The molecule has 0 amide bonds. The zero-order valence-electron chi connectivity index (χ0n) is 10.1. The first-order valence-electron chi connectivity index (χ1n) is 5.68. The maximum Gasteiger partial charge on any atom is 0.431 e. The number of aromatic nitrogens is 2. The summed E-state index contributed by atoms with van der Waals surface area (Å²) in [5.74, 6) is 0. The molecule has 0 fully saturated rings. The molecule has 5 nitrogen and oxygen atoms in total. The Kier molecular flexibility index (Phi) is 4.17. The number of benzene rings is 1. The number of halogens is 1. The molecule has 0 radical (unpaired) electrons. The van der Waals surface area contributed by atoms with E-state index in [0.29, 0.717) is 12.2 Å². The zero-order valence-corrected chi connectivity index (χ0v) is 10.8. The Balaban J connectivity index is 1.82. The van der Waals surface area contributed by atoms with Crippen LogP contribution in [0.1, 0.15) is 11.3 Å². The van der Waals surface area contributed by atoms with Gasteiger partial charge in [-0.05, 0) is 35.9 Å². The molecule has 18 heavy (non-hydrogen) atoms. The quantitative estimate of drug-likeness (QED) is 0.622. The fourth-order valence-electron chi connectivity index (χ4n) is 1.68. The van der Waals surface area contributed by atoms with Crippen molar-refractivity contribution in [1.29, 1.82) is 0 Å². The second kappa shape index (κ2) is 5.84. The Hall–Kier alpha value is -1.59. The van der Waals surface area contributed by atoms with Crippen molar-refractivity contribution in [3.8, 4) is 0 Å². The van der Waals surface area contributed by atoms with Crippen molar-refractivity contribution in [3.63, 3.8) is 0 Å². The van der Waals surface area contributed by atoms with E-state index in [1.807, 2.05) is 24.3 Å². The molecule has 0 atom stereocenters. The van der Waals surface area contributed by atoms with Crippen molar-refractivity contribution < 1.29 is 9.20 Å². The van der Waals surface area contributed by atoms with Gasteiger partial charge in [-0.25, -0.2) is 4.79 Å². The van der Waals surface area contributed by atoms with Gasteiger partial charge in [0.1, 0.15) is 0 Å². The molecule has 1 heterocycles. The van der Waals surface area contributed by atoms with Crippen molar-refractivity contribution in [3.05, 3.63) is 51.0 Å². The van der Waals surface area contributed by atoms with E-state index in [1.165, 1.54) is 5.56 Å². The van der Waals surface area contributed by atoms with Crippen LogP contribution in [0, 0.1) is 0 Å². The van der Waals surface area contributed by atoms with E-state index in [9.17, 15) is 4.79 Å². The predicted molar refractivity (Wildman–Crippen MR) is 67.4 cm³/mol. The first kappa shape index (κ1) is 12.9. The standard InChI is InChI=1S/C12H14ClN3O2/c1-16-11(12(17)18-15-16)8-14-6-5-9-3-2-4-10(13)7-9/h2-4,7,14H,5-6,8H2,1H3/p+1. The van der Waals surface area contributed by atoms with Crippen LogP contribution in [-0.2, 0) is 20.0 Å². The highest BCUT2D eigenvalue weighted by Crippen LogP contribution is 2.10. The molecule has 1 aromatic heterocycles. The Morgan fingerprint density at radius 2 is 2.33 bits per heavy atom. The second-order valence-electron chi connectivity index (χ2n) is 4.04. The lowest BCUT2D eigenvalue weighted by Gasteiger charge is -2.02. The number of H-pyrrole nitrogens is 1. The highest BCUT2D eigenvalue weighted by molar-refractivity contribution is 6.30. The normalized spacial score (nSPS) is 10.8. The molecule has 0 bridgehead atoms. The molecule has 0 saturated carbocycles. The van der Waals surface area contributed by atoms with Crippen LogP contribution in [0.4, 0.5) is 0 Å². The summed E-state index contributed by atoms with van der Waals surface area (Å²) in [5, 5.41) is 6.41. The molecule has 0 aliphatic carbocycles. The second-order valence-corrected chi connectivity index (χ2v) is 4.48. The average Bonchev–Trinajstić information content (AvgIpc) is 2.66. The third-order valence-corrected chi connectivity index (χ3v) is 2.92. The maximum absolute atomic E-state index is 11.3. The fourth-order valence-corrected chi connectivity index (χ4v) is 1.90. The Bertz CT molecular complexity index is 577. The van der Waals surface area contributed by atoms with Crippen LogP contribution in [0.3, 0.4) is 0 Å². The van der Waals surface area contributed by atoms with Gasteiger partial charge in [0.15, 0.2) is 7.05 Å². The lowest BCUT2D eigenvalue weighted by Crippen LogP contribution is -2.39. The van der Waals surface area contributed by atoms with Crippen molar-refractivity contribution in [2.24, 2.45) is 7.05 Å². The highest BCUT2D eigenvalue weighted by atomic mass is 35.5. The number of aryl methyl sites for hydroxylation is 1. The number of hydrogen-bond donors (Lipinski definition) is 2. The number of hydrogen-bond acceptors (Lipinski definition) is 3. The molecule has 0 aliphatic heterocycles. The molecular formula is C12H15ClN3O2+. The van der Waals surface area contributed by atoms with Crippen LogP contribution in [0.25, 0.3) is 0 Å². The van der Waals surface area contributed by atoms with Crippen molar-refractivity contribution in [2.45, 2.75) is 13.0 Å². The summed E-state index contributed by atoms with van der Waals surface area (Å²) in [6.45, 7) is 1.24. The Morgan fingerprint density at radius 1 is 1.50 bits per heavy atom. The minimum atomic E-state index is -0.340. The molecule has 2 aromatic rings. The van der Waals surface area contributed by atoms with Gasteiger partial charge in [0.2, 0.25) is 0 Å². The van der Waals surface area contributed by atoms with Gasteiger partial charge in [0.05, 0.1) is 6.54 Å². The van der Waals surface area contributed by atoms with E-state index < -0.39 is 0 Å². The number of rotatable bonds is 5. The summed E-state index contributed by atoms with van der Waals surface area (Å²) in [6, 6.07) is 7.74. The predicted octanol–water partition coefficient (Wildman–Crippen LogP) is 0.778. The zero-order chi connectivity index (χ0) is 13.0. The third kappa shape index (κ3) is 3.21. The molecule has 2 N–H and O–H groups in total. The SMILES string of the molecule is C[n+]1[nH]oc(=O)c1CNCCc1cccc(Cl)c1. The van der Waals surface area contributed by atoms with Crippen LogP contribution in [-0.4, -0.2) is 11.8 Å². The first-order chi connectivity index (χ1) is 8.66. The van der Waals surface area contributed by atoms with Crippen molar-refractivity contribution >= 4 is 11.6 Å². The molecule has 2 rings (SSSR count). The van der Waals surface area contributed by atoms with Crippen LogP contribution < -0.4 is 15.6 Å². The monoisotopic (exact) mass is 268 g/mol. The van der Waals surface area contributed by atoms with Crippen LogP contribution in [0.5, 0.6) is 0 Å². The maximum atomic E-state index is 11.3. The Labute approximate surface area is 109 Å². The molecule has 0 unspecified atom stereocenters. The molecule has 6 heteroatoms. The lowest BCUT2D eigenvalue weighted by atomic mass is 10.1. The smallest absolute Gasteiger partial charge is 0.307 e. The molecular weight excluding hydrogens is 254 g/mol. The fraction of sp³-hybridized carbons (Fsp3) is 0.333. The summed E-state index contributed by atoms with van der Waals surface area (Å²) in [5.41, 5.74) is 1.40. The minimum absolute atomic E-state index is 0.340. The number of aromatic amines is 1. The van der Waals surface area contributed by atoms with Gasteiger partial charge in [-0.15, -0.1) is 0 Å². The average molecular weight is 269 g/mol. The van der Waals surface area contributed by atoms with Crippen molar-refractivity contribution in [1.82, 2.24) is 10.6 Å². The van der Waals surface area contributed by atoms with E-state index in [0.717, 1.165) is 18.0 Å². The van der Waals surface area contributed by atoms with Crippen LogP contribution in [0.15, 0.2) is 33.6 Å². The van der Waals surface area contributed by atoms with Crippen LogP contribution >= 0.6 is 11.6 Å². The molecule has 0 spiro atoms. The summed E-state index contributed by atoms with van der Waals surface area (Å²) in [7, 11) is 1.74. The van der Waals surface area contributed by atoms with Crippen molar-refractivity contribution in [2.75, 3.05) is 6.54 Å². The van der Waals surface area contributed by atoms with E-state index >= 15 is 0 Å². The van der Waals surface area contributed by atoms with Gasteiger partial charge >= 0.3 is 11.3 Å². The van der Waals surface area contributed by atoms with Gasteiger partial charge in [-0.2, -0.15) is 0 Å². The largest absolute Gasteiger partial charge is 0.431 e. The van der Waals surface area contributed by atoms with E-state index in [-0.39, 0.29) is 5.63 Å². The lowest BCUT2D eigenvalue weighted by molar-refractivity contribution is -0.746. The summed E-state index contributed by atoms with van der Waals surface area (Å²) in [6.07, 6.45) is 0.861. The van der Waals surface area contributed by atoms with Crippen LogP contribution in [0.2, 0.25) is 5.02 Å². The van der Waals surface area contributed by atoms with E-state index in [4.69, 9.17) is 11.6 Å². The van der Waals surface area contributed by atoms with Gasteiger partial charge in [-0.3, -0.25) is 4.52 Å². The number of nitrogens with one attached hydrogen (secondary N) is 2. The van der Waals surface area contributed by atoms with E-state index in [2.05, 4.69) is 15.1 Å². The third-order valence-electron chi connectivity index (χ3n) is 2.69.